The number of amides is 1. The van der Waals surface area contributed by atoms with E-state index in [2.05, 4.69) is 5.32 Å². The molecule has 0 atom stereocenters. The van der Waals surface area contributed by atoms with E-state index in [-0.39, 0.29) is 35.0 Å². The second kappa shape index (κ2) is 9.21. The van der Waals surface area contributed by atoms with Crippen LogP contribution in [0.1, 0.15) is 47.1 Å². The molecule has 0 radical (unpaired) electrons. The highest BCUT2D eigenvalue weighted by atomic mass is 32.2. The van der Waals surface area contributed by atoms with Gasteiger partial charge in [-0.25, -0.2) is 13.2 Å². The van der Waals surface area contributed by atoms with E-state index < -0.39 is 27.1 Å². The van der Waals surface area contributed by atoms with Gasteiger partial charge < -0.3 is 10.1 Å². The van der Waals surface area contributed by atoms with Crippen LogP contribution in [0, 0.1) is 5.41 Å². The first-order valence-corrected chi connectivity index (χ1v) is 11.3. The molecule has 0 aliphatic carbocycles. The third-order valence-corrected chi connectivity index (χ3v) is 5.04. The molecule has 0 spiro atoms. The number of nitrogens with one attached hydrogen (secondary N) is 1. The minimum absolute atomic E-state index is 0.111. The van der Waals surface area contributed by atoms with Crippen molar-refractivity contribution in [1.29, 1.82) is 0 Å². The number of carbonyl (C=O) groups is 3. The lowest BCUT2D eigenvalue weighted by molar-refractivity contribution is -0.129. The summed E-state index contributed by atoms with van der Waals surface area (Å²) in [6.45, 7) is 4.83. The molecule has 0 heterocycles. The van der Waals surface area contributed by atoms with Gasteiger partial charge in [-0.15, -0.1) is 0 Å². The molecule has 0 bridgehead atoms. The van der Waals surface area contributed by atoms with Gasteiger partial charge in [-0.1, -0.05) is 45.0 Å². The Labute approximate surface area is 176 Å². The number of hydrogen-bond acceptors (Lipinski definition) is 6. The number of ketones is 1. The average Bonchev–Trinajstić information content (AvgIpc) is 2.64. The van der Waals surface area contributed by atoms with Gasteiger partial charge in [0.25, 0.3) is 5.91 Å². The molecule has 0 saturated carbocycles. The van der Waals surface area contributed by atoms with E-state index in [0.29, 0.717) is 5.56 Å². The van der Waals surface area contributed by atoms with E-state index in [9.17, 15) is 22.8 Å². The lowest BCUT2D eigenvalue weighted by atomic mass is 9.91. The van der Waals surface area contributed by atoms with Crippen LogP contribution >= 0.6 is 0 Å². The van der Waals surface area contributed by atoms with Gasteiger partial charge in [-0.05, 0) is 29.8 Å². The Hall–Kier alpha value is -3.00. The molecule has 2 aromatic carbocycles. The Morgan fingerprint density at radius 2 is 1.67 bits per heavy atom. The SMILES string of the molecule is CC(C)(C)C(=O)COC(=O)c1ccccc1NC(=O)c1cccc(CS(C)(=O)=O)c1. The molecular weight excluding hydrogens is 406 g/mol. The Balaban J connectivity index is 2.16. The summed E-state index contributed by atoms with van der Waals surface area (Å²) in [6, 6.07) is 12.5. The molecule has 160 valence electrons. The largest absolute Gasteiger partial charge is 0.454 e. The summed E-state index contributed by atoms with van der Waals surface area (Å²) in [5.74, 6) is -1.63. The predicted octanol–water partition coefficient (Wildman–Crippen LogP) is 3.26. The third kappa shape index (κ3) is 6.81. The molecule has 2 aromatic rings. The van der Waals surface area contributed by atoms with E-state index in [1.807, 2.05) is 0 Å². The topological polar surface area (TPSA) is 107 Å². The molecule has 0 aliphatic rings. The molecule has 2 rings (SSSR count). The van der Waals surface area contributed by atoms with Crippen LogP contribution in [0.4, 0.5) is 5.69 Å². The number of Topliss-reactive ketones (excluding diaryl/α,β-unsaturated/α-hetero) is 1. The minimum atomic E-state index is -3.24. The fourth-order valence-electron chi connectivity index (χ4n) is 2.50. The second-order valence-electron chi connectivity index (χ2n) is 8.02. The van der Waals surface area contributed by atoms with Gasteiger partial charge in [0.15, 0.2) is 22.2 Å². The Morgan fingerprint density at radius 3 is 2.30 bits per heavy atom. The van der Waals surface area contributed by atoms with E-state index in [4.69, 9.17) is 4.74 Å². The van der Waals surface area contributed by atoms with Crippen LogP contribution in [0.5, 0.6) is 0 Å². The zero-order valence-electron chi connectivity index (χ0n) is 17.4. The Morgan fingerprint density at radius 1 is 1.00 bits per heavy atom. The molecular formula is C22H25NO6S. The van der Waals surface area contributed by atoms with Crippen molar-refractivity contribution in [3.8, 4) is 0 Å². The van der Waals surface area contributed by atoms with E-state index in [1.165, 1.54) is 12.1 Å². The number of hydrogen-bond donors (Lipinski definition) is 1. The van der Waals surface area contributed by atoms with Crippen molar-refractivity contribution in [3.05, 3.63) is 65.2 Å². The van der Waals surface area contributed by atoms with Crippen molar-refractivity contribution in [2.75, 3.05) is 18.2 Å². The fourth-order valence-corrected chi connectivity index (χ4v) is 3.28. The zero-order chi connectivity index (χ0) is 22.5. The van der Waals surface area contributed by atoms with Gasteiger partial charge >= 0.3 is 5.97 Å². The molecule has 1 amide bonds. The van der Waals surface area contributed by atoms with Gasteiger partial charge in [-0.2, -0.15) is 0 Å². The molecule has 7 nitrogen and oxygen atoms in total. The molecule has 0 saturated heterocycles. The van der Waals surface area contributed by atoms with Crippen molar-refractivity contribution < 1.29 is 27.5 Å². The highest BCUT2D eigenvalue weighted by Crippen LogP contribution is 2.20. The van der Waals surface area contributed by atoms with Crippen LogP contribution in [0.15, 0.2) is 48.5 Å². The predicted molar refractivity (Wildman–Crippen MR) is 114 cm³/mol. The molecule has 30 heavy (non-hydrogen) atoms. The number of para-hydroxylation sites is 1. The van der Waals surface area contributed by atoms with E-state index in [0.717, 1.165) is 6.26 Å². The Kier molecular flexibility index (Phi) is 7.15. The van der Waals surface area contributed by atoms with E-state index in [1.54, 1.807) is 57.2 Å². The number of sulfone groups is 1. The average molecular weight is 432 g/mol. The number of carbonyl (C=O) groups excluding carboxylic acids is 3. The first-order chi connectivity index (χ1) is 13.9. The summed E-state index contributed by atoms with van der Waals surface area (Å²) in [7, 11) is -3.24. The number of benzene rings is 2. The van der Waals surface area contributed by atoms with Gasteiger partial charge in [-0.3, -0.25) is 9.59 Å². The fraction of sp³-hybridized carbons (Fsp3) is 0.318. The van der Waals surface area contributed by atoms with Gasteiger partial charge in [0.2, 0.25) is 0 Å². The number of anilines is 1. The van der Waals surface area contributed by atoms with E-state index >= 15 is 0 Å². The maximum atomic E-state index is 12.6. The minimum Gasteiger partial charge on any atom is -0.454 e. The number of esters is 1. The standard InChI is InChI=1S/C22H25NO6S/c1-22(2,3)19(24)13-29-21(26)17-10-5-6-11-18(17)23-20(25)16-9-7-8-15(12-16)14-30(4,27)28/h5-12H,13-14H2,1-4H3,(H,23,25). The summed E-state index contributed by atoms with van der Waals surface area (Å²) in [5.41, 5.74) is 0.440. The maximum absolute atomic E-state index is 12.6. The Bertz CT molecular complexity index is 1070. The molecule has 0 aromatic heterocycles. The van der Waals surface area contributed by atoms with Crippen LogP contribution in [-0.4, -0.2) is 38.9 Å². The molecule has 0 aliphatic heterocycles. The normalized spacial score (nSPS) is 11.6. The van der Waals surface area contributed by atoms with Crippen LogP contribution in [0.25, 0.3) is 0 Å². The van der Waals surface area contributed by atoms with Crippen LogP contribution in [0.3, 0.4) is 0 Å². The highest BCUT2D eigenvalue weighted by Gasteiger charge is 2.23. The molecule has 1 N–H and O–H groups in total. The summed E-state index contributed by atoms with van der Waals surface area (Å²) < 4.78 is 28.1. The first kappa shape index (κ1) is 23.3. The monoisotopic (exact) mass is 431 g/mol. The lowest BCUT2D eigenvalue weighted by Crippen LogP contribution is -2.26. The lowest BCUT2D eigenvalue weighted by Gasteiger charge is -2.16. The molecule has 8 heteroatoms. The quantitative estimate of drug-likeness (QED) is 0.675. The maximum Gasteiger partial charge on any atom is 0.340 e. The number of rotatable bonds is 7. The molecule has 0 fully saturated rings. The van der Waals surface area contributed by atoms with Crippen molar-refractivity contribution in [1.82, 2.24) is 0 Å². The van der Waals surface area contributed by atoms with Gasteiger partial charge in [0, 0.05) is 17.2 Å². The van der Waals surface area contributed by atoms with Crippen molar-refractivity contribution in [3.63, 3.8) is 0 Å². The third-order valence-electron chi connectivity index (χ3n) is 4.18. The van der Waals surface area contributed by atoms with Crippen molar-refractivity contribution in [2.24, 2.45) is 5.41 Å². The van der Waals surface area contributed by atoms with Crippen molar-refractivity contribution >= 4 is 33.2 Å². The summed E-state index contributed by atoms with van der Waals surface area (Å²) in [5, 5.41) is 2.64. The smallest absolute Gasteiger partial charge is 0.340 e. The summed E-state index contributed by atoms with van der Waals surface area (Å²) in [6.07, 6.45) is 1.12. The highest BCUT2D eigenvalue weighted by molar-refractivity contribution is 7.89. The second-order valence-corrected chi connectivity index (χ2v) is 10.2. The summed E-state index contributed by atoms with van der Waals surface area (Å²) >= 11 is 0. The zero-order valence-corrected chi connectivity index (χ0v) is 18.2. The van der Waals surface area contributed by atoms with Crippen LogP contribution in [-0.2, 0) is 25.1 Å². The molecule has 0 unspecified atom stereocenters. The number of ether oxygens (including phenoxy) is 1. The van der Waals surface area contributed by atoms with Gasteiger partial charge in [0.1, 0.15) is 0 Å². The van der Waals surface area contributed by atoms with Crippen LogP contribution in [0.2, 0.25) is 0 Å². The first-order valence-electron chi connectivity index (χ1n) is 9.24. The summed E-state index contributed by atoms with van der Waals surface area (Å²) in [4.78, 5) is 37.1. The van der Waals surface area contributed by atoms with Gasteiger partial charge in [0.05, 0.1) is 17.0 Å². The van der Waals surface area contributed by atoms with Crippen molar-refractivity contribution in [2.45, 2.75) is 26.5 Å². The van der Waals surface area contributed by atoms with Crippen LogP contribution < -0.4 is 5.32 Å².